The van der Waals surface area contributed by atoms with Crippen molar-refractivity contribution in [3.63, 3.8) is 0 Å². The van der Waals surface area contributed by atoms with Crippen molar-refractivity contribution < 1.29 is 18.0 Å². The Morgan fingerprint density at radius 2 is 1.67 bits per heavy atom. The number of carbonyl (C=O) groups is 1. The number of alkyl halides is 3. The third-order valence-electron chi connectivity index (χ3n) is 3.05. The molecule has 0 spiro atoms. The highest BCUT2D eigenvalue weighted by atomic mass is 19.4. The Morgan fingerprint density at radius 3 is 2.29 bits per heavy atom. The van der Waals surface area contributed by atoms with Crippen LogP contribution in [0.1, 0.15) is 27.0 Å². The highest BCUT2D eigenvalue weighted by Crippen LogP contribution is 2.31. The zero-order valence-electron chi connectivity index (χ0n) is 11.4. The van der Waals surface area contributed by atoms with E-state index >= 15 is 0 Å². The fraction of sp³-hybridized carbons (Fsp3) is 0.188. The van der Waals surface area contributed by atoms with Crippen LogP contribution in [0, 0.1) is 6.92 Å². The van der Waals surface area contributed by atoms with Crippen LogP contribution in [0.15, 0.2) is 48.5 Å². The minimum Gasteiger partial charge on any atom is -0.348 e. The van der Waals surface area contributed by atoms with Crippen LogP contribution in [0.2, 0.25) is 0 Å². The van der Waals surface area contributed by atoms with E-state index in [4.69, 9.17) is 0 Å². The van der Waals surface area contributed by atoms with Crippen LogP contribution in [0.25, 0.3) is 0 Å². The molecule has 0 bridgehead atoms. The fourth-order valence-electron chi connectivity index (χ4n) is 1.91. The number of nitrogens with one attached hydrogen (secondary N) is 1. The predicted octanol–water partition coefficient (Wildman–Crippen LogP) is 3.94. The molecule has 1 N–H and O–H groups in total. The molecule has 0 aliphatic heterocycles. The predicted molar refractivity (Wildman–Crippen MR) is 73.8 cm³/mol. The van der Waals surface area contributed by atoms with E-state index in [1.807, 2.05) is 31.2 Å². The molecule has 0 aliphatic rings. The molecule has 21 heavy (non-hydrogen) atoms. The summed E-state index contributed by atoms with van der Waals surface area (Å²) in [5, 5.41) is 2.51. The largest absolute Gasteiger partial charge is 0.417 e. The average molecular weight is 293 g/mol. The molecule has 0 fully saturated rings. The van der Waals surface area contributed by atoms with Crippen LogP contribution >= 0.6 is 0 Å². The van der Waals surface area contributed by atoms with Crippen LogP contribution in [0.3, 0.4) is 0 Å². The first-order chi connectivity index (χ1) is 9.88. The summed E-state index contributed by atoms with van der Waals surface area (Å²) in [5.74, 6) is -0.733. The highest BCUT2D eigenvalue weighted by Gasteiger charge is 2.34. The molecule has 110 valence electrons. The van der Waals surface area contributed by atoms with E-state index in [1.165, 1.54) is 18.2 Å². The maximum absolute atomic E-state index is 12.8. The van der Waals surface area contributed by atoms with Crippen molar-refractivity contribution in [3.05, 3.63) is 70.8 Å². The number of halogens is 3. The summed E-state index contributed by atoms with van der Waals surface area (Å²) < 4.78 is 38.5. The maximum Gasteiger partial charge on any atom is 0.417 e. The zero-order valence-corrected chi connectivity index (χ0v) is 11.4. The first-order valence-corrected chi connectivity index (χ1v) is 6.38. The van der Waals surface area contributed by atoms with Crippen molar-refractivity contribution in [2.75, 3.05) is 0 Å². The van der Waals surface area contributed by atoms with E-state index < -0.39 is 17.6 Å². The molecule has 0 aromatic heterocycles. The van der Waals surface area contributed by atoms with E-state index in [9.17, 15) is 18.0 Å². The molecule has 2 nitrogen and oxygen atoms in total. The van der Waals surface area contributed by atoms with Crippen LogP contribution in [0.4, 0.5) is 13.2 Å². The summed E-state index contributed by atoms with van der Waals surface area (Å²) in [5.41, 5.74) is 0.620. The van der Waals surface area contributed by atoms with E-state index in [-0.39, 0.29) is 12.1 Å². The van der Waals surface area contributed by atoms with Crippen molar-refractivity contribution in [2.45, 2.75) is 19.6 Å². The summed E-state index contributed by atoms with van der Waals surface area (Å²) in [6, 6.07) is 12.2. The first kappa shape index (κ1) is 15.1. The van der Waals surface area contributed by atoms with Gasteiger partial charge in [-0.3, -0.25) is 4.79 Å². The summed E-state index contributed by atoms with van der Waals surface area (Å²) in [6.07, 6.45) is -4.54. The molecule has 2 aromatic carbocycles. The minimum absolute atomic E-state index is 0.186. The molecule has 0 radical (unpaired) electrons. The van der Waals surface area contributed by atoms with Crippen LogP contribution in [0.5, 0.6) is 0 Å². The topological polar surface area (TPSA) is 29.1 Å². The number of hydrogen-bond acceptors (Lipinski definition) is 1. The van der Waals surface area contributed by atoms with Gasteiger partial charge in [0.15, 0.2) is 0 Å². The Morgan fingerprint density at radius 1 is 1.05 bits per heavy atom. The van der Waals surface area contributed by atoms with Crippen molar-refractivity contribution in [1.29, 1.82) is 0 Å². The summed E-state index contributed by atoms with van der Waals surface area (Å²) in [7, 11) is 0. The lowest BCUT2D eigenvalue weighted by atomic mass is 10.1. The quantitative estimate of drug-likeness (QED) is 0.912. The van der Waals surface area contributed by atoms with Gasteiger partial charge in [-0.1, -0.05) is 42.0 Å². The summed E-state index contributed by atoms with van der Waals surface area (Å²) >= 11 is 0. The third-order valence-corrected chi connectivity index (χ3v) is 3.05. The molecule has 0 aliphatic carbocycles. The van der Waals surface area contributed by atoms with Gasteiger partial charge in [-0.2, -0.15) is 13.2 Å². The lowest BCUT2D eigenvalue weighted by molar-refractivity contribution is -0.137. The Kier molecular flexibility index (Phi) is 4.31. The molecule has 5 heteroatoms. The zero-order chi connectivity index (χ0) is 15.5. The Hall–Kier alpha value is -2.30. The van der Waals surface area contributed by atoms with Gasteiger partial charge in [0, 0.05) is 6.54 Å². The lowest BCUT2D eigenvalue weighted by Crippen LogP contribution is -2.25. The summed E-state index contributed by atoms with van der Waals surface area (Å²) in [6.45, 7) is 2.12. The van der Waals surface area contributed by atoms with Gasteiger partial charge in [0.2, 0.25) is 0 Å². The number of hydrogen-bond donors (Lipinski definition) is 1. The van der Waals surface area contributed by atoms with Gasteiger partial charge >= 0.3 is 6.18 Å². The number of carbonyl (C=O) groups excluding carboxylic acids is 1. The van der Waals surface area contributed by atoms with Gasteiger partial charge in [0.25, 0.3) is 5.91 Å². The molecule has 2 rings (SSSR count). The normalized spacial score (nSPS) is 11.2. The Bertz CT molecular complexity index is 633. The van der Waals surface area contributed by atoms with E-state index in [2.05, 4.69) is 5.32 Å². The summed E-state index contributed by atoms with van der Waals surface area (Å²) in [4.78, 5) is 11.9. The van der Waals surface area contributed by atoms with Crippen LogP contribution in [-0.2, 0) is 12.7 Å². The molecule has 2 aromatic rings. The number of rotatable bonds is 3. The van der Waals surface area contributed by atoms with Crippen LogP contribution < -0.4 is 5.32 Å². The Balaban J connectivity index is 2.12. The first-order valence-electron chi connectivity index (χ1n) is 6.38. The van der Waals surface area contributed by atoms with Gasteiger partial charge < -0.3 is 5.32 Å². The molecule has 0 atom stereocenters. The highest BCUT2D eigenvalue weighted by molar-refractivity contribution is 5.95. The van der Waals surface area contributed by atoms with Gasteiger partial charge in [0.1, 0.15) is 0 Å². The number of amides is 1. The third kappa shape index (κ3) is 3.84. The van der Waals surface area contributed by atoms with Crippen molar-refractivity contribution in [1.82, 2.24) is 5.32 Å². The number of aryl methyl sites for hydroxylation is 1. The van der Waals surface area contributed by atoms with E-state index in [0.717, 1.165) is 17.2 Å². The van der Waals surface area contributed by atoms with Gasteiger partial charge in [0.05, 0.1) is 11.1 Å². The van der Waals surface area contributed by atoms with Gasteiger partial charge in [-0.15, -0.1) is 0 Å². The second kappa shape index (κ2) is 5.99. The minimum atomic E-state index is -4.54. The SMILES string of the molecule is Cc1ccc(CNC(=O)c2ccccc2C(F)(F)F)cc1. The van der Waals surface area contributed by atoms with Gasteiger partial charge in [-0.05, 0) is 24.6 Å². The number of benzene rings is 2. The van der Waals surface area contributed by atoms with Crippen molar-refractivity contribution in [3.8, 4) is 0 Å². The maximum atomic E-state index is 12.8. The standard InChI is InChI=1S/C16H14F3NO/c1-11-6-8-12(9-7-11)10-20-15(21)13-4-2-3-5-14(13)16(17,18)19/h2-9H,10H2,1H3,(H,20,21). The van der Waals surface area contributed by atoms with E-state index in [0.29, 0.717) is 0 Å². The molecule has 0 heterocycles. The molecular weight excluding hydrogens is 279 g/mol. The van der Waals surface area contributed by atoms with Crippen molar-refractivity contribution in [2.24, 2.45) is 0 Å². The molecule has 0 saturated heterocycles. The fourth-order valence-corrected chi connectivity index (χ4v) is 1.91. The smallest absolute Gasteiger partial charge is 0.348 e. The second-order valence-corrected chi connectivity index (χ2v) is 4.71. The average Bonchev–Trinajstić information content (AvgIpc) is 2.45. The van der Waals surface area contributed by atoms with E-state index in [1.54, 1.807) is 0 Å². The lowest BCUT2D eigenvalue weighted by Gasteiger charge is -2.12. The Labute approximate surface area is 120 Å². The molecule has 0 unspecified atom stereocenters. The second-order valence-electron chi connectivity index (χ2n) is 4.71. The molecule has 1 amide bonds. The van der Waals surface area contributed by atoms with Crippen LogP contribution in [-0.4, -0.2) is 5.91 Å². The molecule has 0 saturated carbocycles. The molecular formula is C16H14F3NO. The monoisotopic (exact) mass is 293 g/mol. The van der Waals surface area contributed by atoms with Gasteiger partial charge in [-0.25, -0.2) is 0 Å². The van der Waals surface area contributed by atoms with Crippen molar-refractivity contribution >= 4 is 5.91 Å².